The SMILES string of the molecule is CC(C)OC=O.CNc1ccc(-c2ncc(-c3ccc(NC(=O)Oc4ccc([N+](=O)[O-])cc4)cc3SNC(C)(C)C)s2)cc1. The third-order valence-electron chi connectivity index (χ3n) is 5.47. The van der Waals surface area contributed by atoms with E-state index in [1.165, 1.54) is 36.2 Å². The van der Waals surface area contributed by atoms with Crippen molar-refractivity contribution in [1.29, 1.82) is 0 Å². The second-order valence-corrected chi connectivity index (χ2v) is 12.4. The van der Waals surface area contributed by atoms with Crippen molar-refractivity contribution < 1.29 is 24.0 Å². The lowest BCUT2D eigenvalue weighted by atomic mass is 10.1. The van der Waals surface area contributed by atoms with Gasteiger partial charge >= 0.3 is 6.09 Å². The number of anilines is 2. The summed E-state index contributed by atoms with van der Waals surface area (Å²) in [6.45, 7) is 10.3. The lowest BCUT2D eigenvalue weighted by molar-refractivity contribution is -0.384. The van der Waals surface area contributed by atoms with E-state index in [0.717, 1.165) is 31.6 Å². The highest BCUT2D eigenvalue weighted by Gasteiger charge is 2.17. The van der Waals surface area contributed by atoms with Crippen LogP contribution in [0.1, 0.15) is 34.6 Å². The molecule has 0 saturated carbocycles. The first kappa shape index (κ1) is 34.0. The van der Waals surface area contributed by atoms with Crippen LogP contribution in [-0.4, -0.2) is 41.2 Å². The zero-order valence-corrected chi connectivity index (χ0v) is 26.9. The van der Waals surface area contributed by atoms with Crippen molar-refractivity contribution in [1.82, 2.24) is 9.71 Å². The second-order valence-electron chi connectivity index (χ2n) is 10.6. The van der Waals surface area contributed by atoms with E-state index >= 15 is 0 Å². The molecule has 0 bridgehead atoms. The highest BCUT2D eigenvalue weighted by atomic mass is 32.2. The number of nitro benzene ring substituents is 1. The van der Waals surface area contributed by atoms with Gasteiger partial charge in [0.2, 0.25) is 0 Å². The number of thiazole rings is 1. The number of nitrogens with zero attached hydrogens (tertiary/aromatic N) is 2. The molecule has 3 aromatic carbocycles. The molecule has 3 N–H and O–H groups in total. The van der Waals surface area contributed by atoms with Crippen LogP contribution in [0.15, 0.2) is 77.8 Å². The van der Waals surface area contributed by atoms with Crippen LogP contribution in [0.3, 0.4) is 0 Å². The van der Waals surface area contributed by atoms with Crippen LogP contribution in [0.25, 0.3) is 21.0 Å². The van der Waals surface area contributed by atoms with Crippen LogP contribution in [0.5, 0.6) is 5.75 Å². The Morgan fingerprint density at radius 3 is 2.25 bits per heavy atom. The summed E-state index contributed by atoms with van der Waals surface area (Å²) in [6, 6.07) is 19.0. The number of aromatic nitrogens is 1. The molecule has 0 spiro atoms. The van der Waals surface area contributed by atoms with Crippen molar-refractivity contribution in [2.75, 3.05) is 17.7 Å². The monoisotopic (exact) mass is 637 g/mol. The fraction of sp³-hybridized carbons (Fsp3) is 0.258. The molecule has 0 saturated heterocycles. The number of rotatable bonds is 10. The van der Waals surface area contributed by atoms with Gasteiger partial charge in [-0.25, -0.2) is 9.78 Å². The van der Waals surface area contributed by atoms with Gasteiger partial charge in [-0.2, -0.15) is 0 Å². The molecule has 0 aliphatic carbocycles. The van der Waals surface area contributed by atoms with Gasteiger partial charge < -0.3 is 14.8 Å². The van der Waals surface area contributed by atoms with Gasteiger partial charge in [0.1, 0.15) is 10.8 Å². The number of benzene rings is 3. The molecule has 0 aliphatic rings. The van der Waals surface area contributed by atoms with E-state index in [9.17, 15) is 19.7 Å². The second kappa shape index (κ2) is 15.8. The molecule has 0 aliphatic heterocycles. The average molecular weight is 638 g/mol. The minimum atomic E-state index is -0.698. The molecular weight excluding hydrogens is 603 g/mol. The number of carbonyl (C=O) groups excluding carboxylic acids is 2. The van der Waals surface area contributed by atoms with Crippen LogP contribution in [-0.2, 0) is 9.53 Å². The van der Waals surface area contributed by atoms with Crippen LogP contribution in [0.2, 0.25) is 0 Å². The molecule has 0 radical (unpaired) electrons. The zero-order valence-electron chi connectivity index (χ0n) is 25.2. The Hall–Kier alpha value is -4.46. The highest BCUT2D eigenvalue weighted by Crippen LogP contribution is 2.39. The molecule has 1 aromatic heterocycles. The summed E-state index contributed by atoms with van der Waals surface area (Å²) in [4.78, 5) is 38.7. The number of hydrogen-bond donors (Lipinski definition) is 3. The Bertz CT molecular complexity index is 1550. The van der Waals surface area contributed by atoms with Crippen molar-refractivity contribution in [3.05, 3.63) is 83.0 Å². The Morgan fingerprint density at radius 2 is 1.70 bits per heavy atom. The van der Waals surface area contributed by atoms with Crippen molar-refractivity contribution in [2.45, 2.75) is 51.2 Å². The van der Waals surface area contributed by atoms with Crippen LogP contribution in [0.4, 0.5) is 21.9 Å². The number of carbonyl (C=O) groups is 2. The number of nitro groups is 1. The first-order valence-electron chi connectivity index (χ1n) is 13.5. The normalized spacial score (nSPS) is 10.8. The minimum absolute atomic E-state index is 0.0301. The number of non-ortho nitro benzene ring substituents is 1. The first-order chi connectivity index (χ1) is 20.9. The predicted octanol–water partition coefficient (Wildman–Crippen LogP) is 8.00. The number of hydrogen-bond acceptors (Lipinski definition) is 11. The number of ether oxygens (including phenoxy) is 2. The molecule has 1 heterocycles. The smallest absolute Gasteiger partial charge is 0.417 e. The van der Waals surface area contributed by atoms with Gasteiger partial charge in [0.25, 0.3) is 12.2 Å². The fourth-order valence-corrected chi connectivity index (χ4v) is 5.32. The molecule has 4 rings (SSSR count). The third-order valence-corrected chi connectivity index (χ3v) is 7.82. The van der Waals surface area contributed by atoms with Crippen molar-refractivity contribution in [3.8, 4) is 26.8 Å². The van der Waals surface area contributed by atoms with Crippen molar-refractivity contribution in [3.63, 3.8) is 0 Å². The van der Waals surface area contributed by atoms with Gasteiger partial charge in [0.15, 0.2) is 0 Å². The molecular formula is C31H35N5O6S2. The molecule has 0 unspecified atom stereocenters. The highest BCUT2D eigenvalue weighted by molar-refractivity contribution is 7.97. The van der Waals surface area contributed by atoms with E-state index in [-0.39, 0.29) is 23.1 Å². The molecule has 4 aromatic rings. The molecule has 11 nitrogen and oxygen atoms in total. The van der Waals surface area contributed by atoms with E-state index in [0.29, 0.717) is 12.2 Å². The summed E-state index contributed by atoms with van der Waals surface area (Å²) < 4.78 is 13.1. The van der Waals surface area contributed by atoms with E-state index in [4.69, 9.17) is 4.74 Å². The summed E-state index contributed by atoms with van der Waals surface area (Å²) in [6.07, 6.45) is 1.19. The van der Waals surface area contributed by atoms with Crippen molar-refractivity contribution >= 4 is 52.9 Å². The van der Waals surface area contributed by atoms with Crippen molar-refractivity contribution in [2.24, 2.45) is 0 Å². The lowest BCUT2D eigenvalue weighted by Gasteiger charge is -2.21. The van der Waals surface area contributed by atoms with Gasteiger partial charge in [-0.15, -0.1) is 11.3 Å². The van der Waals surface area contributed by atoms with Crippen LogP contribution < -0.4 is 20.1 Å². The van der Waals surface area contributed by atoms with Crippen LogP contribution in [0, 0.1) is 10.1 Å². The lowest BCUT2D eigenvalue weighted by Crippen LogP contribution is -2.29. The quantitative estimate of drug-likeness (QED) is 0.0677. The summed E-state index contributed by atoms with van der Waals surface area (Å²) >= 11 is 3.07. The zero-order chi connectivity index (χ0) is 32.3. The van der Waals surface area contributed by atoms with E-state index in [1.54, 1.807) is 31.3 Å². The Labute approximate surface area is 264 Å². The molecule has 13 heteroatoms. The maximum atomic E-state index is 12.5. The summed E-state index contributed by atoms with van der Waals surface area (Å²) in [7, 11) is 1.88. The summed E-state index contributed by atoms with van der Waals surface area (Å²) in [5, 5.41) is 17.6. The first-order valence-corrected chi connectivity index (χ1v) is 15.2. The Kier molecular flexibility index (Phi) is 12.3. The molecule has 1 amide bonds. The van der Waals surface area contributed by atoms with Gasteiger partial charge in [-0.05, 0) is 95.1 Å². The fourth-order valence-electron chi connectivity index (χ4n) is 3.41. The number of nitrogens with one attached hydrogen (secondary N) is 3. The van der Waals surface area contributed by atoms with E-state index < -0.39 is 11.0 Å². The van der Waals surface area contributed by atoms with E-state index in [2.05, 4.69) is 45.8 Å². The summed E-state index contributed by atoms with van der Waals surface area (Å²) in [5.74, 6) is 0.202. The van der Waals surface area contributed by atoms with Gasteiger partial charge in [0, 0.05) is 58.3 Å². The molecule has 0 atom stereocenters. The van der Waals surface area contributed by atoms with Gasteiger partial charge in [0.05, 0.1) is 15.9 Å². The van der Waals surface area contributed by atoms with E-state index in [1.807, 2.05) is 49.6 Å². The third kappa shape index (κ3) is 10.7. The molecule has 232 valence electrons. The maximum Gasteiger partial charge on any atom is 0.417 e. The summed E-state index contributed by atoms with van der Waals surface area (Å²) in [5.41, 5.74) is 3.38. The molecule has 0 fully saturated rings. The Morgan fingerprint density at radius 1 is 1.05 bits per heavy atom. The average Bonchev–Trinajstić information content (AvgIpc) is 3.46. The topological polar surface area (TPSA) is 145 Å². The Balaban J connectivity index is 0.000000801. The number of amides is 1. The van der Waals surface area contributed by atoms with Crippen LogP contribution >= 0.6 is 23.3 Å². The van der Waals surface area contributed by atoms with Gasteiger partial charge in [-0.1, -0.05) is 6.07 Å². The standard InChI is InChI=1S/C27H27N5O4S2.C4H8O2/c1-27(2,3)31-38-23-15-19(30-26(33)36-21-12-10-20(11-13-21)32(34)35)9-14-22(23)24-16-29-25(37-24)17-5-7-18(28-4)8-6-17;1-4(2)6-3-5/h5-16,28,31H,1-4H3,(H,30,33);3-4H,1-2H3. The predicted molar refractivity (Wildman–Crippen MR) is 176 cm³/mol. The molecule has 44 heavy (non-hydrogen) atoms. The minimum Gasteiger partial charge on any atom is -0.465 e. The van der Waals surface area contributed by atoms with Gasteiger partial charge in [-0.3, -0.25) is 24.9 Å². The maximum absolute atomic E-state index is 12.5. The largest absolute Gasteiger partial charge is 0.465 e.